The number of hydrogen-bond acceptors (Lipinski definition) is 4. The minimum atomic E-state index is -0.496. The van der Waals surface area contributed by atoms with Crippen molar-refractivity contribution in [2.75, 3.05) is 19.6 Å². The third-order valence-corrected chi connectivity index (χ3v) is 5.34. The minimum Gasteiger partial charge on any atom is -0.355 e. The topological polar surface area (TPSA) is 113 Å². The van der Waals surface area contributed by atoms with Gasteiger partial charge in [-0.3, -0.25) is 14.4 Å². The maximum absolute atomic E-state index is 12.1. The summed E-state index contributed by atoms with van der Waals surface area (Å²) < 4.78 is 0. The number of nitrogens with one attached hydrogen (secondary N) is 3. The lowest BCUT2D eigenvalue weighted by molar-refractivity contribution is -0.126. The highest BCUT2D eigenvalue weighted by Gasteiger charge is 2.13. The summed E-state index contributed by atoms with van der Waals surface area (Å²) in [6.45, 7) is 3.18. The van der Waals surface area contributed by atoms with Crippen LogP contribution >= 0.6 is 0 Å². The Morgan fingerprint density at radius 1 is 0.781 bits per heavy atom. The summed E-state index contributed by atoms with van der Waals surface area (Å²) in [6, 6.07) is 9.34. The molecule has 0 radical (unpaired) electrons. The molecule has 0 bridgehead atoms. The van der Waals surface area contributed by atoms with Gasteiger partial charge in [-0.1, -0.05) is 75.3 Å². The average Bonchev–Trinajstić information content (AvgIpc) is 2.79. The van der Waals surface area contributed by atoms with Crippen molar-refractivity contribution in [3.8, 4) is 0 Å². The van der Waals surface area contributed by atoms with Crippen molar-refractivity contribution in [1.82, 2.24) is 16.0 Å². The van der Waals surface area contributed by atoms with Crippen molar-refractivity contribution in [3.05, 3.63) is 35.9 Å². The molecule has 32 heavy (non-hydrogen) atoms. The van der Waals surface area contributed by atoms with Gasteiger partial charge in [-0.05, 0) is 31.7 Å². The number of rotatable bonds is 18. The molecule has 5 N–H and O–H groups in total. The number of carbonyl (C=O) groups excluding carboxylic acids is 3. The molecule has 7 heteroatoms. The molecule has 1 atom stereocenters. The van der Waals surface area contributed by atoms with Gasteiger partial charge >= 0.3 is 0 Å². The van der Waals surface area contributed by atoms with Crippen molar-refractivity contribution in [2.24, 2.45) is 5.73 Å². The van der Waals surface area contributed by atoms with E-state index in [1.807, 2.05) is 37.3 Å². The molecule has 180 valence electrons. The fourth-order valence-corrected chi connectivity index (χ4v) is 3.48. The largest absolute Gasteiger partial charge is 0.355 e. The van der Waals surface area contributed by atoms with E-state index in [0.717, 1.165) is 37.7 Å². The van der Waals surface area contributed by atoms with E-state index in [1.165, 1.54) is 25.7 Å². The zero-order valence-corrected chi connectivity index (χ0v) is 19.7. The van der Waals surface area contributed by atoms with Crippen LogP contribution in [-0.2, 0) is 20.8 Å². The molecule has 1 aromatic rings. The van der Waals surface area contributed by atoms with Crippen LogP contribution in [0.1, 0.15) is 76.7 Å². The molecule has 1 rings (SSSR count). The zero-order valence-electron chi connectivity index (χ0n) is 19.7. The van der Waals surface area contributed by atoms with Gasteiger partial charge < -0.3 is 21.7 Å². The van der Waals surface area contributed by atoms with Crippen molar-refractivity contribution in [3.63, 3.8) is 0 Å². The first-order valence-corrected chi connectivity index (χ1v) is 12.1. The average molecular weight is 447 g/mol. The fourth-order valence-electron chi connectivity index (χ4n) is 3.48. The van der Waals surface area contributed by atoms with E-state index >= 15 is 0 Å². The predicted octanol–water partition coefficient (Wildman–Crippen LogP) is 2.83. The van der Waals surface area contributed by atoms with E-state index in [2.05, 4.69) is 16.0 Å². The van der Waals surface area contributed by atoms with E-state index in [0.29, 0.717) is 25.9 Å². The lowest BCUT2D eigenvalue weighted by atomic mass is 10.1. The first-order valence-electron chi connectivity index (χ1n) is 12.1. The lowest BCUT2D eigenvalue weighted by Gasteiger charge is -2.12. The van der Waals surface area contributed by atoms with Crippen LogP contribution in [0.15, 0.2) is 30.3 Å². The summed E-state index contributed by atoms with van der Waals surface area (Å²) in [7, 11) is 0. The Labute approximate surface area is 193 Å². The van der Waals surface area contributed by atoms with Crippen LogP contribution in [-0.4, -0.2) is 43.4 Å². The monoisotopic (exact) mass is 446 g/mol. The Kier molecular flexibility index (Phi) is 15.7. The lowest BCUT2D eigenvalue weighted by Crippen LogP contribution is -2.42. The van der Waals surface area contributed by atoms with Gasteiger partial charge in [-0.25, -0.2) is 0 Å². The number of amides is 3. The van der Waals surface area contributed by atoms with Crippen molar-refractivity contribution in [1.29, 1.82) is 0 Å². The van der Waals surface area contributed by atoms with Gasteiger partial charge in [0.1, 0.15) is 0 Å². The number of unbranched alkanes of at least 4 members (excludes halogenated alkanes) is 8. The summed E-state index contributed by atoms with van der Waals surface area (Å²) in [5.74, 6) is -0.272. The minimum absolute atomic E-state index is 0.0515. The van der Waals surface area contributed by atoms with Crippen LogP contribution in [0.4, 0.5) is 0 Å². The van der Waals surface area contributed by atoms with Crippen LogP contribution in [0.5, 0.6) is 0 Å². The molecule has 0 spiro atoms. The molecule has 7 nitrogen and oxygen atoms in total. The number of likely N-dealkylation sites (N-methyl/N-ethyl adjacent to an activating group) is 1. The van der Waals surface area contributed by atoms with E-state index in [9.17, 15) is 14.4 Å². The Bertz CT molecular complexity index is 652. The quantitative estimate of drug-likeness (QED) is 0.260. The molecule has 0 aromatic heterocycles. The molecule has 3 amide bonds. The summed E-state index contributed by atoms with van der Waals surface area (Å²) >= 11 is 0. The van der Waals surface area contributed by atoms with Crippen molar-refractivity contribution >= 4 is 17.7 Å². The van der Waals surface area contributed by atoms with E-state index in [-0.39, 0.29) is 24.3 Å². The standard InChI is InChI=1S/C25H42N4O3/c1-2-27-24(31)20-29-23(30)17-13-8-6-4-3-5-7-9-14-18-28-25(32)22(26)19-21-15-11-10-12-16-21/h10-12,15-16,22H,2-9,13-14,17-20,26H2,1H3,(H,27,31)(H,28,32)(H,29,30)/t22-/m0/s1. The van der Waals surface area contributed by atoms with Gasteiger partial charge in [-0.2, -0.15) is 0 Å². The molecule has 1 aromatic carbocycles. The van der Waals surface area contributed by atoms with Gasteiger partial charge in [0, 0.05) is 19.5 Å². The van der Waals surface area contributed by atoms with Crippen molar-refractivity contribution in [2.45, 2.75) is 83.6 Å². The van der Waals surface area contributed by atoms with Gasteiger partial charge in [0.2, 0.25) is 17.7 Å². The van der Waals surface area contributed by atoms with Crippen LogP contribution in [0.2, 0.25) is 0 Å². The molecule has 0 unspecified atom stereocenters. The van der Waals surface area contributed by atoms with Gasteiger partial charge in [-0.15, -0.1) is 0 Å². The molecular formula is C25H42N4O3. The molecule has 0 aliphatic carbocycles. The maximum atomic E-state index is 12.1. The second-order valence-corrected chi connectivity index (χ2v) is 8.25. The molecule has 0 aliphatic heterocycles. The molecule has 0 heterocycles. The van der Waals surface area contributed by atoms with E-state index in [1.54, 1.807) is 0 Å². The second kappa shape index (κ2) is 18.2. The van der Waals surface area contributed by atoms with Gasteiger partial charge in [0.05, 0.1) is 12.6 Å². The second-order valence-electron chi connectivity index (χ2n) is 8.25. The maximum Gasteiger partial charge on any atom is 0.239 e. The first-order chi connectivity index (χ1) is 15.5. The normalized spacial score (nSPS) is 11.6. The first kappa shape index (κ1) is 27.6. The van der Waals surface area contributed by atoms with E-state index < -0.39 is 6.04 Å². The highest BCUT2D eigenvalue weighted by molar-refractivity contribution is 5.84. The number of nitrogens with two attached hydrogens (primary N) is 1. The smallest absolute Gasteiger partial charge is 0.239 e. The summed E-state index contributed by atoms with van der Waals surface area (Å²) in [5, 5.41) is 8.23. The Morgan fingerprint density at radius 2 is 1.38 bits per heavy atom. The molecule has 0 aliphatic rings. The van der Waals surface area contributed by atoms with Crippen LogP contribution in [0.3, 0.4) is 0 Å². The number of hydrogen-bond donors (Lipinski definition) is 4. The Morgan fingerprint density at radius 3 is 2.00 bits per heavy atom. The number of carbonyl (C=O) groups is 3. The number of benzene rings is 1. The van der Waals surface area contributed by atoms with Gasteiger partial charge in [0.25, 0.3) is 0 Å². The molecule has 0 saturated heterocycles. The third-order valence-electron chi connectivity index (χ3n) is 5.34. The summed E-state index contributed by atoms with van der Waals surface area (Å²) in [6.07, 6.45) is 11.0. The molecule has 0 saturated carbocycles. The van der Waals surface area contributed by atoms with Crippen molar-refractivity contribution < 1.29 is 14.4 Å². The summed E-state index contributed by atoms with van der Waals surface area (Å²) in [4.78, 5) is 35.0. The molecule has 0 fully saturated rings. The zero-order chi connectivity index (χ0) is 23.4. The highest BCUT2D eigenvalue weighted by atomic mass is 16.2. The van der Waals surface area contributed by atoms with E-state index in [4.69, 9.17) is 5.73 Å². The fraction of sp³-hybridized carbons (Fsp3) is 0.640. The SMILES string of the molecule is CCNC(=O)CNC(=O)CCCCCCCCCCCNC(=O)[C@@H](N)Cc1ccccc1. The van der Waals surface area contributed by atoms with Gasteiger partial charge in [0.15, 0.2) is 0 Å². The van der Waals surface area contributed by atoms with Crippen LogP contribution < -0.4 is 21.7 Å². The Hall–Kier alpha value is -2.41. The third kappa shape index (κ3) is 14.6. The predicted molar refractivity (Wildman–Crippen MR) is 129 cm³/mol. The Balaban J connectivity index is 1.87. The highest BCUT2D eigenvalue weighted by Crippen LogP contribution is 2.10. The molecular weight excluding hydrogens is 404 g/mol. The van der Waals surface area contributed by atoms with Crippen LogP contribution in [0.25, 0.3) is 0 Å². The summed E-state index contributed by atoms with van der Waals surface area (Å²) in [5.41, 5.74) is 7.06. The van der Waals surface area contributed by atoms with Crippen LogP contribution in [0, 0.1) is 0 Å².